The van der Waals surface area contributed by atoms with E-state index in [1.165, 1.54) is 18.2 Å². The molecule has 3 N–H and O–H groups in total. The molecule has 0 radical (unpaired) electrons. The summed E-state index contributed by atoms with van der Waals surface area (Å²) in [5, 5.41) is 3.44. The van der Waals surface area contributed by atoms with E-state index in [1.54, 1.807) is 12.1 Å². The van der Waals surface area contributed by atoms with Gasteiger partial charge in [0.15, 0.2) is 5.69 Å². The minimum Gasteiger partial charge on any atom is -0.440 e. The predicted molar refractivity (Wildman–Crippen MR) is 81.6 cm³/mol. The van der Waals surface area contributed by atoms with E-state index in [4.69, 9.17) is 16.7 Å². The van der Waals surface area contributed by atoms with Crippen molar-refractivity contribution in [3.8, 4) is 0 Å². The molecule has 7 heteroatoms. The fourth-order valence-corrected chi connectivity index (χ4v) is 2.22. The zero-order valence-electron chi connectivity index (χ0n) is 11.6. The third kappa shape index (κ3) is 2.79. The number of nitrogens with two attached hydrogens (primary N) is 1. The number of rotatable bonds is 2. The summed E-state index contributed by atoms with van der Waals surface area (Å²) in [6.07, 6.45) is -4.42. The van der Waals surface area contributed by atoms with Crippen LogP contribution in [-0.4, -0.2) is 0 Å². The SMILES string of the molecule is [C-]#[N+]c1ccc2c(Nc3cccc(C(F)(F)F)c3)c(N)oc2c1. The smallest absolute Gasteiger partial charge is 0.416 e. The van der Waals surface area contributed by atoms with Crippen LogP contribution in [-0.2, 0) is 6.18 Å². The van der Waals surface area contributed by atoms with Gasteiger partial charge in [0, 0.05) is 11.1 Å². The van der Waals surface area contributed by atoms with Crippen molar-refractivity contribution in [2.75, 3.05) is 11.1 Å². The van der Waals surface area contributed by atoms with Crippen LogP contribution < -0.4 is 11.1 Å². The summed E-state index contributed by atoms with van der Waals surface area (Å²) in [6, 6.07) is 9.54. The number of furan rings is 1. The lowest BCUT2D eigenvalue weighted by atomic mass is 10.1. The Morgan fingerprint density at radius 2 is 1.91 bits per heavy atom. The number of nitrogens with zero attached hydrogens (tertiary/aromatic N) is 1. The Morgan fingerprint density at radius 3 is 2.61 bits per heavy atom. The Balaban J connectivity index is 2.02. The molecule has 0 bridgehead atoms. The molecule has 0 atom stereocenters. The monoisotopic (exact) mass is 317 g/mol. The highest BCUT2D eigenvalue weighted by atomic mass is 19.4. The topological polar surface area (TPSA) is 55.5 Å². The molecule has 1 heterocycles. The van der Waals surface area contributed by atoms with Gasteiger partial charge in [0.25, 0.3) is 0 Å². The highest BCUT2D eigenvalue weighted by Gasteiger charge is 2.30. The molecule has 0 amide bonds. The molecule has 4 nitrogen and oxygen atoms in total. The van der Waals surface area contributed by atoms with Crippen molar-refractivity contribution < 1.29 is 17.6 Å². The van der Waals surface area contributed by atoms with Crippen LogP contribution >= 0.6 is 0 Å². The zero-order valence-corrected chi connectivity index (χ0v) is 11.6. The van der Waals surface area contributed by atoms with Gasteiger partial charge in [0.05, 0.1) is 12.1 Å². The number of nitrogens with one attached hydrogen (secondary N) is 1. The van der Waals surface area contributed by atoms with E-state index in [-0.39, 0.29) is 11.6 Å². The van der Waals surface area contributed by atoms with Crippen molar-refractivity contribution in [1.82, 2.24) is 0 Å². The van der Waals surface area contributed by atoms with E-state index in [2.05, 4.69) is 10.2 Å². The van der Waals surface area contributed by atoms with Crippen LogP contribution in [0.3, 0.4) is 0 Å². The first-order valence-electron chi connectivity index (χ1n) is 6.52. The first kappa shape index (κ1) is 14.8. The van der Waals surface area contributed by atoms with Gasteiger partial charge in [-0.05, 0) is 24.3 Å². The largest absolute Gasteiger partial charge is 0.440 e. The third-order valence-corrected chi connectivity index (χ3v) is 3.29. The van der Waals surface area contributed by atoms with Crippen LogP contribution in [0, 0.1) is 6.57 Å². The first-order chi connectivity index (χ1) is 10.9. The van der Waals surface area contributed by atoms with E-state index < -0.39 is 11.7 Å². The maximum absolute atomic E-state index is 12.8. The molecule has 116 valence electrons. The summed E-state index contributed by atoms with van der Waals surface area (Å²) in [5.74, 6) is 0.0412. The van der Waals surface area contributed by atoms with Gasteiger partial charge in [0.1, 0.15) is 11.3 Å². The van der Waals surface area contributed by atoms with Gasteiger partial charge < -0.3 is 15.5 Å². The van der Waals surface area contributed by atoms with E-state index in [1.807, 2.05) is 0 Å². The summed E-state index contributed by atoms with van der Waals surface area (Å²) in [5.41, 5.74) is 6.42. The standard InChI is InChI=1S/C16H10F3N3O/c1-21-10-5-6-12-13(8-10)23-15(20)14(12)22-11-4-2-3-9(7-11)16(17,18)19/h2-8,22H,20H2. The fraction of sp³-hybridized carbons (Fsp3) is 0.0625. The Morgan fingerprint density at radius 1 is 1.13 bits per heavy atom. The molecule has 0 unspecified atom stereocenters. The van der Waals surface area contributed by atoms with E-state index >= 15 is 0 Å². The highest BCUT2D eigenvalue weighted by Crippen LogP contribution is 2.38. The minimum absolute atomic E-state index is 0.0412. The number of fused-ring (bicyclic) bond motifs is 1. The van der Waals surface area contributed by atoms with Crippen molar-refractivity contribution in [2.24, 2.45) is 0 Å². The van der Waals surface area contributed by atoms with E-state index in [0.717, 1.165) is 12.1 Å². The Hall–Kier alpha value is -3.14. The molecule has 23 heavy (non-hydrogen) atoms. The predicted octanol–water partition coefficient (Wildman–Crippen LogP) is 5.33. The second-order valence-electron chi connectivity index (χ2n) is 4.84. The Bertz CT molecular complexity index is 922. The zero-order chi connectivity index (χ0) is 16.6. The number of benzene rings is 2. The second-order valence-corrected chi connectivity index (χ2v) is 4.84. The second kappa shape index (κ2) is 5.25. The van der Waals surface area contributed by atoms with Crippen LogP contribution in [0.5, 0.6) is 0 Å². The summed E-state index contributed by atoms with van der Waals surface area (Å²) in [4.78, 5) is 3.29. The van der Waals surface area contributed by atoms with Crippen LogP contribution in [0.4, 0.5) is 36.1 Å². The number of anilines is 3. The molecule has 2 aromatic carbocycles. The van der Waals surface area contributed by atoms with Crippen molar-refractivity contribution in [3.05, 3.63) is 59.4 Å². The van der Waals surface area contributed by atoms with Gasteiger partial charge in [-0.1, -0.05) is 18.2 Å². The normalized spacial score (nSPS) is 11.4. The Labute approximate surface area is 129 Å². The number of halogens is 3. The quantitative estimate of drug-likeness (QED) is 0.628. The molecule has 0 aliphatic rings. The molecule has 0 aliphatic heterocycles. The number of nitrogen functional groups attached to an aromatic ring is 1. The molecule has 0 saturated heterocycles. The lowest BCUT2D eigenvalue weighted by Crippen LogP contribution is -2.05. The summed E-state index contributed by atoms with van der Waals surface area (Å²) in [6.45, 7) is 6.97. The number of hydrogen-bond donors (Lipinski definition) is 2. The fourth-order valence-electron chi connectivity index (χ4n) is 2.22. The molecule has 0 saturated carbocycles. The summed E-state index contributed by atoms with van der Waals surface area (Å²) < 4.78 is 43.7. The molecular formula is C16H10F3N3O. The first-order valence-corrected chi connectivity index (χ1v) is 6.52. The lowest BCUT2D eigenvalue weighted by Gasteiger charge is -2.10. The van der Waals surface area contributed by atoms with E-state index in [9.17, 15) is 13.2 Å². The average Bonchev–Trinajstić information content (AvgIpc) is 2.82. The molecule has 3 rings (SSSR count). The van der Waals surface area contributed by atoms with E-state index in [0.29, 0.717) is 22.3 Å². The van der Waals surface area contributed by atoms with Crippen molar-refractivity contribution in [3.63, 3.8) is 0 Å². The highest BCUT2D eigenvalue weighted by molar-refractivity contribution is 5.99. The maximum atomic E-state index is 12.8. The molecule has 0 aliphatic carbocycles. The van der Waals surface area contributed by atoms with Gasteiger partial charge >= 0.3 is 6.18 Å². The molecule has 3 aromatic rings. The summed E-state index contributed by atoms with van der Waals surface area (Å²) in [7, 11) is 0. The van der Waals surface area contributed by atoms with Crippen LogP contribution in [0.15, 0.2) is 46.9 Å². The van der Waals surface area contributed by atoms with Crippen molar-refractivity contribution >= 4 is 33.9 Å². The number of alkyl halides is 3. The lowest BCUT2D eigenvalue weighted by molar-refractivity contribution is -0.137. The van der Waals surface area contributed by atoms with Crippen LogP contribution in [0.2, 0.25) is 0 Å². The van der Waals surface area contributed by atoms with Crippen molar-refractivity contribution in [2.45, 2.75) is 6.18 Å². The van der Waals surface area contributed by atoms with Crippen LogP contribution in [0.25, 0.3) is 15.8 Å². The molecule has 0 spiro atoms. The number of hydrogen-bond acceptors (Lipinski definition) is 3. The Kier molecular flexibility index (Phi) is 3.37. The average molecular weight is 317 g/mol. The van der Waals surface area contributed by atoms with Gasteiger partial charge in [-0.15, -0.1) is 0 Å². The molecule has 1 aromatic heterocycles. The third-order valence-electron chi connectivity index (χ3n) is 3.29. The van der Waals surface area contributed by atoms with Gasteiger partial charge in [-0.2, -0.15) is 13.2 Å². The summed E-state index contributed by atoms with van der Waals surface area (Å²) >= 11 is 0. The van der Waals surface area contributed by atoms with Crippen molar-refractivity contribution in [1.29, 1.82) is 0 Å². The maximum Gasteiger partial charge on any atom is 0.416 e. The van der Waals surface area contributed by atoms with Crippen LogP contribution in [0.1, 0.15) is 5.56 Å². The minimum atomic E-state index is -4.42. The van der Waals surface area contributed by atoms with Gasteiger partial charge in [-0.25, -0.2) is 4.85 Å². The molecule has 0 fully saturated rings. The van der Waals surface area contributed by atoms with Gasteiger partial charge in [-0.3, -0.25) is 0 Å². The van der Waals surface area contributed by atoms with Gasteiger partial charge in [0.2, 0.25) is 5.88 Å². The molecular weight excluding hydrogens is 307 g/mol.